The minimum absolute atomic E-state index is 0. The fraction of sp³-hybridized carbons (Fsp3) is 0.800. The van der Waals surface area contributed by atoms with Gasteiger partial charge in [-0.1, -0.05) is 0 Å². The summed E-state index contributed by atoms with van der Waals surface area (Å²) in [7, 11) is 0. The molecule has 0 amide bonds. The van der Waals surface area contributed by atoms with Crippen molar-refractivity contribution in [3.05, 3.63) is 0 Å². The van der Waals surface area contributed by atoms with Crippen molar-refractivity contribution >= 4 is 43.7 Å². The van der Waals surface area contributed by atoms with Gasteiger partial charge in [-0.3, -0.25) is 0 Å². The normalized spacial score (nSPS) is 10.3. The third-order valence-electron chi connectivity index (χ3n) is 0.628. The van der Waals surface area contributed by atoms with Crippen molar-refractivity contribution in [2.45, 2.75) is 20.0 Å². The van der Waals surface area contributed by atoms with Crippen molar-refractivity contribution < 1.29 is 23.0 Å². The molecule has 60 valence electrons. The SMILES string of the molecule is CCOC(=O)C(C)O.O.[Ca+2].[H-].[H-]. The van der Waals surface area contributed by atoms with E-state index in [9.17, 15) is 4.79 Å². The van der Waals surface area contributed by atoms with Crippen LogP contribution < -0.4 is 0 Å². The quantitative estimate of drug-likeness (QED) is 0.433. The molecule has 0 aromatic rings. The molecule has 0 spiro atoms. The van der Waals surface area contributed by atoms with Gasteiger partial charge in [0.25, 0.3) is 0 Å². The summed E-state index contributed by atoms with van der Waals surface area (Å²) in [6.45, 7) is 3.39. The number of carbonyl (C=O) groups excluding carboxylic acids is 1. The summed E-state index contributed by atoms with van der Waals surface area (Å²) in [5.41, 5.74) is 0. The van der Waals surface area contributed by atoms with E-state index >= 15 is 0 Å². The molecule has 0 aliphatic heterocycles. The van der Waals surface area contributed by atoms with E-state index in [2.05, 4.69) is 4.74 Å². The average Bonchev–Trinajstić information content (AvgIpc) is 1.67. The number of ether oxygens (including phenoxy) is 1. The number of aliphatic hydroxyl groups excluding tert-OH is 1. The number of rotatable bonds is 2. The summed E-state index contributed by atoms with van der Waals surface area (Å²) in [5, 5.41) is 8.48. The summed E-state index contributed by atoms with van der Waals surface area (Å²) in [6.07, 6.45) is -0.991. The zero-order valence-electron chi connectivity index (χ0n) is 8.26. The molecule has 0 bridgehead atoms. The monoisotopic (exact) mass is 178 g/mol. The Bertz CT molecular complexity index is 91.5. The van der Waals surface area contributed by atoms with E-state index < -0.39 is 12.1 Å². The molecule has 4 nitrogen and oxygen atoms in total. The van der Waals surface area contributed by atoms with Crippen LogP contribution >= 0.6 is 0 Å². The van der Waals surface area contributed by atoms with Crippen LogP contribution in [0.15, 0.2) is 0 Å². The number of aliphatic hydroxyl groups is 1. The summed E-state index contributed by atoms with van der Waals surface area (Å²) in [4.78, 5) is 10.3. The van der Waals surface area contributed by atoms with Crippen molar-refractivity contribution in [3.63, 3.8) is 0 Å². The molecule has 0 rings (SSSR count). The van der Waals surface area contributed by atoms with Crippen LogP contribution in [0, 0.1) is 0 Å². The van der Waals surface area contributed by atoms with Crippen molar-refractivity contribution in [1.82, 2.24) is 0 Å². The standard InChI is InChI=1S/C5H10O3.Ca.H2O.2H/c1-3-8-5(7)4(2)6;;;;/h4,6H,3H2,1-2H3;;1H2;;/q;+2;;2*-1. The topological polar surface area (TPSA) is 78.0 Å². The van der Waals surface area contributed by atoms with E-state index in [0.29, 0.717) is 6.61 Å². The molecule has 1 unspecified atom stereocenters. The first-order valence-corrected chi connectivity index (χ1v) is 2.53. The molecule has 0 aliphatic carbocycles. The van der Waals surface area contributed by atoms with Gasteiger partial charge in [-0.05, 0) is 13.8 Å². The third-order valence-corrected chi connectivity index (χ3v) is 0.628. The van der Waals surface area contributed by atoms with Crippen molar-refractivity contribution in [2.24, 2.45) is 0 Å². The van der Waals surface area contributed by atoms with E-state index in [1.165, 1.54) is 6.92 Å². The number of hydrogen-bond donors (Lipinski definition) is 1. The van der Waals surface area contributed by atoms with Crippen LogP contribution in [0.2, 0.25) is 0 Å². The number of hydrogen-bond acceptors (Lipinski definition) is 3. The average molecular weight is 178 g/mol. The van der Waals surface area contributed by atoms with E-state index in [1.807, 2.05) is 0 Å². The van der Waals surface area contributed by atoms with Gasteiger partial charge >= 0.3 is 43.7 Å². The molecule has 3 N–H and O–H groups in total. The summed E-state index contributed by atoms with van der Waals surface area (Å²) in [5.74, 6) is -0.562. The second-order valence-electron chi connectivity index (χ2n) is 1.43. The molecular formula is C5H14CaO4. The maximum Gasteiger partial charge on any atom is 2.00 e. The Morgan fingerprint density at radius 3 is 2.30 bits per heavy atom. The van der Waals surface area contributed by atoms with Gasteiger partial charge < -0.3 is 18.2 Å². The first-order valence-electron chi connectivity index (χ1n) is 2.53. The van der Waals surface area contributed by atoms with Crippen molar-refractivity contribution in [1.29, 1.82) is 0 Å². The van der Waals surface area contributed by atoms with Gasteiger partial charge in [0.1, 0.15) is 6.10 Å². The van der Waals surface area contributed by atoms with Gasteiger partial charge in [-0.15, -0.1) is 0 Å². The molecule has 0 radical (unpaired) electrons. The molecule has 0 aromatic heterocycles. The first-order chi connectivity index (χ1) is 3.68. The van der Waals surface area contributed by atoms with E-state index in [1.54, 1.807) is 6.92 Å². The van der Waals surface area contributed by atoms with Crippen LogP contribution in [-0.2, 0) is 9.53 Å². The zero-order valence-corrected chi connectivity index (χ0v) is 8.46. The molecule has 0 heterocycles. The smallest absolute Gasteiger partial charge is 1.00 e. The first kappa shape index (κ1) is 16.9. The van der Waals surface area contributed by atoms with Gasteiger partial charge in [0.05, 0.1) is 6.61 Å². The van der Waals surface area contributed by atoms with Crippen LogP contribution in [0.5, 0.6) is 0 Å². The third kappa shape index (κ3) is 8.65. The Balaban J connectivity index is -0.0000000408. The van der Waals surface area contributed by atoms with Gasteiger partial charge in [-0.2, -0.15) is 0 Å². The minimum atomic E-state index is -0.991. The Morgan fingerprint density at radius 2 is 2.20 bits per heavy atom. The summed E-state index contributed by atoms with van der Waals surface area (Å²) >= 11 is 0. The maximum absolute atomic E-state index is 10.3. The molecule has 0 aromatic carbocycles. The second kappa shape index (κ2) is 9.65. The molecule has 1 atom stereocenters. The van der Waals surface area contributed by atoms with Gasteiger partial charge in [0, 0.05) is 0 Å². The van der Waals surface area contributed by atoms with Gasteiger partial charge in [0.15, 0.2) is 0 Å². The van der Waals surface area contributed by atoms with Gasteiger partial charge in [0.2, 0.25) is 0 Å². The Labute approximate surface area is 92.8 Å². The molecular weight excluding hydrogens is 164 g/mol. The van der Waals surface area contributed by atoms with Crippen LogP contribution in [0.1, 0.15) is 16.7 Å². The Hall–Kier alpha value is 0.650. The van der Waals surface area contributed by atoms with E-state index in [-0.39, 0.29) is 46.1 Å². The van der Waals surface area contributed by atoms with E-state index in [4.69, 9.17) is 5.11 Å². The molecule has 5 heteroatoms. The second-order valence-corrected chi connectivity index (χ2v) is 1.43. The minimum Gasteiger partial charge on any atom is -1.00 e. The van der Waals surface area contributed by atoms with Crippen LogP contribution in [0.25, 0.3) is 0 Å². The summed E-state index contributed by atoms with van der Waals surface area (Å²) < 4.78 is 4.41. The molecule has 0 saturated carbocycles. The fourth-order valence-corrected chi connectivity index (χ4v) is 0.263. The Kier molecular flexibility index (Phi) is 16.4. The predicted octanol–water partition coefficient (Wildman–Crippen LogP) is -1.05. The maximum atomic E-state index is 10.3. The summed E-state index contributed by atoms with van der Waals surface area (Å²) in [6, 6.07) is 0. The van der Waals surface area contributed by atoms with Gasteiger partial charge in [-0.25, -0.2) is 4.79 Å². The Morgan fingerprint density at radius 1 is 1.80 bits per heavy atom. The number of carbonyl (C=O) groups is 1. The largest absolute Gasteiger partial charge is 2.00 e. The molecule has 10 heavy (non-hydrogen) atoms. The van der Waals surface area contributed by atoms with Crippen LogP contribution in [-0.4, -0.2) is 67.0 Å². The number of esters is 1. The fourth-order valence-electron chi connectivity index (χ4n) is 0.263. The van der Waals surface area contributed by atoms with Crippen molar-refractivity contribution in [3.8, 4) is 0 Å². The van der Waals surface area contributed by atoms with Crippen LogP contribution in [0.3, 0.4) is 0 Å². The van der Waals surface area contributed by atoms with E-state index in [0.717, 1.165) is 0 Å². The molecule has 0 saturated heterocycles. The molecule has 0 aliphatic rings. The predicted molar refractivity (Wildman–Crippen MR) is 39.9 cm³/mol. The zero-order chi connectivity index (χ0) is 6.57. The van der Waals surface area contributed by atoms with Crippen LogP contribution in [0.4, 0.5) is 0 Å². The van der Waals surface area contributed by atoms with Crippen molar-refractivity contribution in [2.75, 3.05) is 6.61 Å². The molecule has 0 fully saturated rings.